The molecule has 0 spiro atoms. The van der Waals surface area contributed by atoms with Gasteiger partial charge in [0.2, 0.25) is 0 Å². The second kappa shape index (κ2) is 12.7. The van der Waals surface area contributed by atoms with Crippen molar-refractivity contribution in [1.29, 1.82) is 0 Å². The van der Waals surface area contributed by atoms with Gasteiger partial charge in [0, 0.05) is 29.7 Å². The topological polar surface area (TPSA) is 79.3 Å². The molecule has 2 aromatic carbocycles. The number of rotatable bonds is 6. The fourth-order valence-electron chi connectivity index (χ4n) is 5.78. The second-order valence-electron chi connectivity index (χ2n) is 10.8. The molecule has 3 aromatic rings. The third-order valence-electron chi connectivity index (χ3n) is 7.89. The van der Waals surface area contributed by atoms with Crippen molar-refractivity contribution in [3.63, 3.8) is 0 Å². The molecule has 3 amide bonds. The summed E-state index contributed by atoms with van der Waals surface area (Å²) >= 11 is 12.8. The van der Waals surface area contributed by atoms with Crippen LogP contribution in [0.15, 0.2) is 42.5 Å². The summed E-state index contributed by atoms with van der Waals surface area (Å²) in [6, 6.07) is 11.0. The van der Waals surface area contributed by atoms with Crippen LogP contribution in [0.3, 0.4) is 0 Å². The number of urea groups is 1. The van der Waals surface area contributed by atoms with Crippen LogP contribution in [0.2, 0.25) is 10.0 Å². The van der Waals surface area contributed by atoms with E-state index in [-0.39, 0.29) is 42.6 Å². The fourth-order valence-corrected chi connectivity index (χ4v) is 6.26. The van der Waals surface area contributed by atoms with Crippen molar-refractivity contribution in [3.8, 4) is 5.69 Å². The quantitative estimate of drug-likeness (QED) is 0.318. The van der Waals surface area contributed by atoms with Gasteiger partial charge in [-0.05, 0) is 80.2 Å². The number of aromatic nitrogens is 2. The molecule has 216 valence electrons. The molecule has 0 saturated heterocycles. The molecular formula is C31H34Cl2FN5O2. The summed E-state index contributed by atoms with van der Waals surface area (Å²) in [6.07, 6.45) is 7.63. The van der Waals surface area contributed by atoms with Crippen LogP contribution in [0.1, 0.15) is 73.3 Å². The first-order valence-electron chi connectivity index (χ1n) is 14.1. The van der Waals surface area contributed by atoms with Crippen molar-refractivity contribution in [2.75, 3.05) is 13.1 Å². The average molecular weight is 599 g/mol. The zero-order valence-electron chi connectivity index (χ0n) is 23.2. The predicted octanol–water partition coefficient (Wildman–Crippen LogP) is 7.10. The maximum absolute atomic E-state index is 13.8. The van der Waals surface area contributed by atoms with Gasteiger partial charge >= 0.3 is 6.03 Å². The molecule has 0 bridgehead atoms. The lowest BCUT2D eigenvalue weighted by Crippen LogP contribution is -2.43. The van der Waals surface area contributed by atoms with Crippen LogP contribution in [0.25, 0.3) is 17.3 Å². The Balaban J connectivity index is 1.64. The van der Waals surface area contributed by atoms with E-state index in [2.05, 4.69) is 10.6 Å². The fraction of sp³-hybridized carbons (Fsp3) is 0.387. The van der Waals surface area contributed by atoms with E-state index in [4.69, 9.17) is 28.3 Å². The number of carbonyl (C=O) groups is 2. The first-order chi connectivity index (χ1) is 19.7. The lowest BCUT2D eigenvalue weighted by molar-refractivity contribution is 0.0911. The van der Waals surface area contributed by atoms with Crippen LogP contribution in [-0.2, 0) is 6.54 Å². The molecule has 10 heteroatoms. The van der Waals surface area contributed by atoms with Gasteiger partial charge in [-0.15, -0.1) is 0 Å². The first kappa shape index (κ1) is 29.1. The van der Waals surface area contributed by atoms with Gasteiger partial charge in [0.15, 0.2) is 5.69 Å². The summed E-state index contributed by atoms with van der Waals surface area (Å²) in [7, 11) is 0. The lowest BCUT2D eigenvalue weighted by atomic mass is 9.84. The zero-order valence-corrected chi connectivity index (χ0v) is 24.7. The molecule has 1 saturated carbocycles. The lowest BCUT2D eigenvalue weighted by Gasteiger charge is -2.30. The van der Waals surface area contributed by atoms with E-state index in [0.717, 1.165) is 24.0 Å². The standard InChI is InChI=1S/C31H34Cl2FN5O2/c1-3-35-31(41)38-17-22(15-20-9-12-24(34)13-10-20)29-25(18-38)28(30(40)36-19(2)21-7-5-4-6-8-21)37-39(29)27-14-11-23(32)16-26(27)33/h9-16,19,21H,3-8,17-18H2,1-2H3,(H,35,41)(H,36,40)/b22-15+/t19-/m1/s1. The van der Waals surface area contributed by atoms with E-state index in [9.17, 15) is 14.0 Å². The van der Waals surface area contributed by atoms with Crippen LogP contribution >= 0.6 is 23.2 Å². The maximum atomic E-state index is 13.8. The van der Waals surface area contributed by atoms with Gasteiger partial charge in [-0.25, -0.2) is 13.9 Å². The van der Waals surface area contributed by atoms with Crippen molar-refractivity contribution in [1.82, 2.24) is 25.3 Å². The highest BCUT2D eigenvalue weighted by Crippen LogP contribution is 2.36. The van der Waals surface area contributed by atoms with Crippen molar-refractivity contribution < 1.29 is 14.0 Å². The molecule has 1 aliphatic carbocycles. The summed E-state index contributed by atoms with van der Waals surface area (Å²) in [5.74, 6) is -0.219. The highest BCUT2D eigenvalue weighted by molar-refractivity contribution is 6.35. The van der Waals surface area contributed by atoms with Gasteiger partial charge in [-0.1, -0.05) is 54.6 Å². The van der Waals surface area contributed by atoms with E-state index >= 15 is 0 Å². The van der Waals surface area contributed by atoms with E-state index in [1.165, 1.54) is 31.4 Å². The number of nitrogens with zero attached hydrogens (tertiary/aromatic N) is 3. The Bertz CT molecular complexity index is 1460. The van der Waals surface area contributed by atoms with Crippen molar-refractivity contribution in [2.24, 2.45) is 5.92 Å². The monoisotopic (exact) mass is 597 g/mol. The van der Waals surface area contributed by atoms with E-state index in [1.54, 1.807) is 39.9 Å². The van der Waals surface area contributed by atoms with Crippen molar-refractivity contribution in [2.45, 2.75) is 58.5 Å². The number of hydrogen-bond acceptors (Lipinski definition) is 3. The number of benzene rings is 2. The summed E-state index contributed by atoms with van der Waals surface area (Å²) in [4.78, 5) is 28.5. The Kier molecular flexibility index (Phi) is 9.00. The molecule has 7 nitrogen and oxygen atoms in total. The average Bonchev–Trinajstić information content (AvgIpc) is 3.34. The van der Waals surface area contributed by atoms with E-state index < -0.39 is 0 Å². The highest BCUT2D eigenvalue weighted by atomic mass is 35.5. The Morgan fingerprint density at radius 1 is 1.10 bits per heavy atom. The van der Waals surface area contributed by atoms with Gasteiger partial charge < -0.3 is 15.5 Å². The molecule has 1 fully saturated rings. The van der Waals surface area contributed by atoms with Crippen LogP contribution < -0.4 is 10.6 Å². The summed E-state index contributed by atoms with van der Waals surface area (Å²) in [5, 5.41) is 11.7. The van der Waals surface area contributed by atoms with Crippen LogP contribution in [0.5, 0.6) is 0 Å². The second-order valence-corrected chi connectivity index (χ2v) is 11.6. The number of carbonyl (C=O) groups excluding carboxylic acids is 2. The number of hydrogen-bond donors (Lipinski definition) is 2. The van der Waals surface area contributed by atoms with Gasteiger partial charge in [0.1, 0.15) is 5.82 Å². The third kappa shape index (κ3) is 6.44. The molecule has 2 heterocycles. The molecule has 1 aromatic heterocycles. The maximum Gasteiger partial charge on any atom is 0.317 e. The summed E-state index contributed by atoms with van der Waals surface area (Å²) in [6.45, 7) is 4.81. The van der Waals surface area contributed by atoms with Crippen molar-refractivity contribution in [3.05, 3.63) is 80.8 Å². The van der Waals surface area contributed by atoms with Gasteiger partial charge in [0.05, 0.1) is 22.9 Å². The third-order valence-corrected chi connectivity index (χ3v) is 8.43. The van der Waals surface area contributed by atoms with Crippen LogP contribution in [0, 0.1) is 11.7 Å². The molecular weight excluding hydrogens is 564 g/mol. The molecule has 2 aliphatic rings. The van der Waals surface area contributed by atoms with Gasteiger partial charge in [-0.3, -0.25) is 4.79 Å². The number of amides is 3. The predicted molar refractivity (Wildman–Crippen MR) is 161 cm³/mol. The molecule has 0 radical (unpaired) electrons. The Labute approximate surface area is 249 Å². The number of nitrogens with one attached hydrogen (secondary N) is 2. The molecule has 0 unspecified atom stereocenters. The minimum Gasteiger partial charge on any atom is -0.348 e. The smallest absolute Gasteiger partial charge is 0.317 e. The van der Waals surface area contributed by atoms with Gasteiger partial charge in [-0.2, -0.15) is 5.10 Å². The largest absolute Gasteiger partial charge is 0.348 e. The minimum atomic E-state index is -0.343. The Hall–Kier alpha value is -3.36. The first-order valence-corrected chi connectivity index (χ1v) is 14.9. The number of fused-ring (bicyclic) bond motifs is 1. The number of halogens is 3. The van der Waals surface area contributed by atoms with Gasteiger partial charge in [0.25, 0.3) is 5.91 Å². The zero-order chi connectivity index (χ0) is 29.1. The molecule has 2 N–H and O–H groups in total. The molecule has 5 rings (SSSR count). The summed E-state index contributed by atoms with van der Waals surface area (Å²) < 4.78 is 15.3. The van der Waals surface area contributed by atoms with E-state index in [1.807, 2.05) is 19.9 Å². The van der Waals surface area contributed by atoms with E-state index in [0.29, 0.717) is 39.5 Å². The highest BCUT2D eigenvalue weighted by Gasteiger charge is 2.34. The SMILES string of the molecule is CCNC(=O)N1C/C(=C\c2ccc(F)cc2)c2c(c(C(=O)N[C@H](C)C3CCCCC3)nn2-c2ccc(Cl)cc2Cl)C1. The Morgan fingerprint density at radius 2 is 1.83 bits per heavy atom. The molecule has 41 heavy (non-hydrogen) atoms. The van der Waals surface area contributed by atoms with Crippen LogP contribution in [0.4, 0.5) is 9.18 Å². The summed E-state index contributed by atoms with van der Waals surface area (Å²) in [5.41, 5.74) is 3.58. The Morgan fingerprint density at radius 3 is 2.51 bits per heavy atom. The molecule has 1 aliphatic heterocycles. The molecule has 1 atom stereocenters. The normalized spacial score (nSPS) is 17.3. The van der Waals surface area contributed by atoms with Crippen molar-refractivity contribution >= 4 is 46.8 Å². The minimum absolute atomic E-state index is 0.0139. The van der Waals surface area contributed by atoms with Crippen LogP contribution in [-0.4, -0.2) is 45.8 Å².